The number of hydrogen-bond acceptors (Lipinski definition) is 5. The molecule has 0 aromatic heterocycles. The number of para-hydroxylation sites is 1. The number of anilines is 1. The predicted molar refractivity (Wildman–Crippen MR) is 150 cm³/mol. The van der Waals surface area contributed by atoms with E-state index in [9.17, 15) is 28.8 Å². The van der Waals surface area contributed by atoms with Gasteiger partial charge in [-0.1, -0.05) is 51.1 Å². The molecule has 5 rings (SSSR count). The molecule has 1 unspecified atom stereocenters. The summed E-state index contributed by atoms with van der Waals surface area (Å²) in [5, 5.41) is 18.7. The molecule has 5 atom stereocenters. The fraction of sp³-hybridized carbons (Fsp3) is 0.469. The molecule has 0 bridgehead atoms. The number of fused-ring (bicyclic) bond motifs is 2. The van der Waals surface area contributed by atoms with Crippen molar-refractivity contribution in [1.82, 2.24) is 10.6 Å². The molecule has 2 aliphatic carbocycles. The number of halogens is 1. The first-order chi connectivity index (χ1) is 19.4. The lowest BCUT2D eigenvalue weighted by atomic mass is 9.78. The normalized spacial score (nSPS) is 24.6. The molecule has 3 N–H and O–H groups in total. The molecule has 2 fully saturated rings. The van der Waals surface area contributed by atoms with Crippen molar-refractivity contribution in [2.24, 2.45) is 23.2 Å². The molecular weight excluding hydrogens is 523 g/mol. The van der Waals surface area contributed by atoms with Crippen LogP contribution in [-0.4, -0.2) is 35.6 Å². The number of benzene rings is 2. The number of hydrogen-bond donors (Lipinski definition) is 3. The molecule has 214 valence electrons. The number of Topliss-reactive ketones (excluding diaryl/α,β-unsaturated/α-hetero) is 1. The van der Waals surface area contributed by atoms with E-state index in [0.717, 1.165) is 18.4 Å². The Bertz CT molecular complexity index is 1440. The van der Waals surface area contributed by atoms with Crippen LogP contribution in [0, 0.1) is 40.3 Å². The molecule has 3 aliphatic rings. The number of nitrogens with zero attached hydrogens (tertiary/aromatic N) is 1. The number of rotatable bonds is 8. The molecule has 1 spiro atoms. The Hall–Kier alpha value is -4.06. The highest BCUT2D eigenvalue weighted by Gasteiger charge is 2.57. The van der Waals surface area contributed by atoms with Crippen LogP contribution in [0.5, 0.6) is 0 Å². The van der Waals surface area contributed by atoms with Crippen LogP contribution in [0.4, 0.5) is 10.1 Å². The number of amides is 3. The van der Waals surface area contributed by atoms with E-state index in [2.05, 4.69) is 22.0 Å². The third-order valence-electron chi connectivity index (χ3n) is 8.63. The van der Waals surface area contributed by atoms with Gasteiger partial charge in [-0.15, -0.1) is 0 Å². The molecular formula is C32H35FN4O4. The van der Waals surface area contributed by atoms with E-state index in [0.29, 0.717) is 11.3 Å². The Balaban J connectivity index is 1.45. The summed E-state index contributed by atoms with van der Waals surface area (Å²) in [6.45, 7) is 5.49. The van der Waals surface area contributed by atoms with Crippen LogP contribution >= 0.6 is 0 Å². The summed E-state index contributed by atoms with van der Waals surface area (Å²) in [6, 6.07) is 13.3. The van der Waals surface area contributed by atoms with Gasteiger partial charge in [-0.05, 0) is 66.8 Å². The first-order valence-corrected chi connectivity index (χ1v) is 14.1. The zero-order valence-corrected chi connectivity index (χ0v) is 23.5. The van der Waals surface area contributed by atoms with Gasteiger partial charge in [0, 0.05) is 17.5 Å². The van der Waals surface area contributed by atoms with Crippen LogP contribution in [0.3, 0.4) is 0 Å². The van der Waals surface area contributed by atoms with Gasteiger partial charge in [-0.25, -0.2) is 4.39 Å². The second-order valence-electron chi connectivity index (χ2n) is 12.7. The van der Waals surface area contributed by atoms with Gasteiger partial charge in [0.25, 0.3) is 0 Å². The maximum absolute atomic E-state index is 14.2. The zero-order valence-electron chi connectivity index (χ0n) is 23.5. The third-order valence-corrected chi connectivity index (χ3v) is 8.63. The van der Waals surface area contributed by atoms with Crippen molar-refractivity contribution in [3.63, 3.8) is 0 Å². The summed E-state index contributed by atoms with van der Waals surface area (Å²) in [7, 11) is 0. The van der Waals surface area contributed by atoms with Crippen molar-refractivity contribution in [3.05, 3.63) is 65.5 Å². The van der Waals surface area contributed by atoms with E-state index < -0.39 is 46.5 Å². The van der Waals surface area contributed by atoms with Crippen LogP contribution in [0.25, 0.3) is 0 Å². The first kappa shape index (κ1) is 28.5. The van der Waals surface area contributed by atoms with Gasteiger partial charge in [-0.2, -0.15) is 5.26 Å². The molecule has 2 saturated carbocycles. The molecule has 41 heavy (non-hydrogen) atoms. The minimum absolute atomic E-state index is 0.000198. The molecule has 1 aliphatic heterocycles. The lowest BCUT2D eigenvalue weighted by molar-refractivity contribution is -0.135. The van der Waals surface area contributed by atoms with Gasteiger partial charge in [0.15, 0.2) is 5.78 Å². The summed E-state index contributed by atoms with van der Waals surface area (Å²) in [5.41, 5.74) is 0.271. The van der Waals surface area contributed by atoms with Gasteiger partial charge in [-0.3, -0.25) is 19.2 Å². The van der Waals surface area contributed by atoms with Crippen LogP contribution in [0.2, 0.25) is 0 Å². The lowest BCUT2D eigenvalue weighted by Gasteiger charge is -2.32. The average molecular weight is 559 g/mol. The Labute approximate surface area is 239 Å². The first-order valence-electron chi connectivity index (χ1n) is 14.1. The number of carbonyl (C=O) groups is 4. The Morgan fingerprint density at radius 1 is 1.10 bits per heavy atom. The maximum atomic E-state index is 14.2. The highest BCUT2D eigenvalue weighted by Crippen LogP contribution is 2.53. The van der Waals surface area contributed by atoms with Gasteiger partial charge < -0.3 is 16.0 Å². The van der Waals surface area contributed by atoms with E-state index in [1.54, 1.807) is 12.1 Å². The second-order valence-corrected chi connectivity index (χ2v) is 12.7. The van der Waals surface area contributed by atoms with Gasteiger partial charge in [0.2, 0.25) is 17.7 Å². The Morgan fingerprint density at radius 3 is 2.49 bits per heavy atom. The van der Waals surface area contributed by atoms with Gasteiger partial charge >= 0.3 is 0 Å². The fourth-order valence-corrected chi connectivity index (χ4v) is 6.25. The number of nitriles is 1. The topological polar surface area (TPSA) is 128 Å². The minimum atomic E-state index is -1.09. The quantitative estimate of drug-likeness (QED) is 0.454. The molecule has 1 heterocycles. The highest BCUT2D eigenvalue weighted by atomic mass is 19.1. The lowest BCUT2D eigenvalue weighted by Crippen LogP contribution is -2.57. The fourth-order valence-electron chi connectivity index (χ4n) is 6.25. The minimum Gasteiger partial charge on any atom is -0.344 e. The molecule has 3 amide bonds. The van der Waals surface area contributed by atoms with Crippen molar-refractivity contribution >= 4 is 29.2 Å². The molecule has 0 radical (unpaired) electrons. The Kier molecular flexibility index (Phi) is 7.45. The summed E-state index contributed by atoms with van der Waals surface area (Å²) < 4.78 is 14.1. The van der Waals surface area contributed by atoms with Crippen molar-refractivity contribution in [1.29, 1.82) is 5.26 Å². The largest absolute Gasteiger partial charge is 0.344 e. The molecule has 0 saturated heterocycles. The van der Waals surface area contributed by atoms with E-state index in [-0.39, 0.29) is 42.8 Å². The third kappa shape index (κ3) is 5.61. The SMILES string of the molecule is CC(C)(C)[C@H](NC(=O)C1CC1)C(=O)N[C@@H](Cc1cccc(F)c1)C(=O)C1C[C@]2(C[C@H]1C#N)C(=O)Nc1ccccc12. The van der Waals surface area contributed by atoms with Gasteiger partial charge in [0.1, 0.15) is 11.9 Å². The van der Waals surface area contributed by atoms with Crippen LogP contribution in [-0.2, 0) is 31.0 Å². The average Bonchev–Trinajstić information content (AvgIpc) is 3.65. The van der Waals surface area contributed by atoms with E-state index in [1.807, 2.05) is 39.0 Å². The van der Waals surface area contributed by atoms with Crippen molar-refractivity contribution in [2.45, 2.75) is 70.4 Å². The monoisotopic (exact) mass is 558 g/mol. The molecule has 2 aromatic carbocycles. The van der Waals surface area contributed by atoms with E-state index in [4.69, 9.17) is 0 Å². The summed E-state index contributed by atoms with van der Waals surface area (Å²) in [6.07, 6.45) is 1.87. The number of carbonyl (C=O) groups excluding carboxylic acids is 4. The highest BCUT2D eigenvalue weighted by molar-refractivity contribution is 6.07. The van der Waals surface area contributed by atoms with Crippen LogP contribution in [0.15, 0.2) is 48.5 Å². The van der Waals surface area contributed by atoms with Crippen LogP contribution in [0.1, 0.15) is 57.6 Å². The summed E-state index contributed by atoms with van der Waals surface area (Å²) >= 11 is 0. The smallest absolute Gasteiger partial charge is 0.243 e. The van der Waals surface area contributed by atoms with E-state index >= 15 is 0 Å². The summed E-state index contributed by atoms with van der Waals surface area (Å²) in [5.74, 6) is -3.50. The summed E-state index contributed by atoms with van der Waals surface area (Å²) in [4.78, 5) is 53.8. The number of ketones is 1. The predicted octanol–water partition coefficient (Wildman–Crippen LogP) is 3.80. The Morgan fingerprint density at radius 2 is 1.83 bits per heavy atom. The van der Waals surface area contributed by atoms with Crippen molar-refractivity contribution in [2.75, 3.05) is 5.32 Å². The molecule has 9 heteroatoms. The standard InChI is InChI=1S/C32H35FN4O4/c1-31(2,3)27(37-28(39)19-11-12-19)29(40)35-25(14-18-7-6-8-21(33)13-18)26(38)22-16-32(15-20(22)17-34)23-9-4-5-10-24(23)36-30(32)41/h4-10,13,19-20,22,25,27H,11-12,14-16H2,1-3H3,(H,35,40)(H,36,41)(H,37,39)/t20-,22?,25-,27+,32-/m0/s1. The molecule has 2 aromatic rings. The van der Waals surface area contributed by atoms with Crippen molar-refractivity contribution < 1.29 is 23.6 Å². The maximum Gasteiger partial charge on any atom is 0.243 e. The molecule has 8 nitrogen and oxygen atoms in total. The van der Waals surface area contributed by atoms with E-state index in [1.165, 1.54) is 18.2 Å². The van der Waals surface area contributed by atoms with Gasteiger partial charge in [0.05, 0.1) is 23.4 Å². The van der Waals surface area contributed by atoms with Crippen molar-refractivity contribution in [3.8, 4) is 6.07 Å². The number of nitrogens with one attached hydrogen (secondary N) is 3. The zero-order chi connectivity index (χ0) is 29.5. The van der Waals surface area contributed by atoms with Crippen LogP contribution < -0.4 is 16.0 Å². The second kappa shape index (κ2) is 10.7.